The van der Waals surface area contributed by atoms with Crippen LogP contribution >= 0.6 is 0 Å². The maximum atomic E-state index is 12.4. The van der Waals surface area contributed by atoms with E-state index in [1.165, 1.54) is 6.42 Å². The van der Waals surface area contributed by atoms with Gasteiger partial charge in [-0.2, -0.15) is 5.10 Å². The van der Waals surface area contributed by atoms with E-state index in [0.717, 1.165) is 31.0 Å². The Bertz CT molecular complexity index is 450. The van der Waals surface area contributed by atoms with Crippen LogP contribution < -0.4 is 5.32 Å². The Morgan fingerprint density at radius 3 is 2.79 bits per heavy atom. The van der Waals surface area contributed by atoms with Gasteiger partial charge in [0, 0.05) is 12.6 Å². The molecule has 0 saturated heterocycles. The average molecular weight is 263 g/mol. The molecule has 1 heterocycles. The molecule has 1 aliphatic rings. The number of nitrogens with one attached hydrogen (secondary N) is 1. The summed E-state index contributed by atoms with van der Waals surface area (Å²) < 4.78 is 1.81. The van der Waals surface area contributed by atoms with Crippen LogP contribution in [0.5, 0.6) is 0 Å². The third-order valence-corrected chi connectivity index (χ3v) is 3.95. The Morgan fingerprint density at radius 1 is 1.53 bits per heavy atom. The summed E-state index contributed by atoms with van der Waals surface area (Å²) in [6.45, 7) is 9.20. The zero-order valence-electron chi connectivity index (χ0n) is 12.4. The zero-order valence-corrected chi connectivity index (χ0v) is 12.4. The number of amides is 1. The molecule has 0 spiro atoms. The number of aryl methyl sites for hydroxylation is 1. The third-order valence-electron chi connectivity index (χ3n) is 3.95. The lowest BCUT2D eigenvalue weighted by Gasteiger charge is -2.12. The molecule has 0 radical (unpaired) electrons. The molecule has 1 amide bonds. The molecule has 1 saturated carbocycles. The molecule has 0 aromatic carbocycles. The van der Waals surface area contributed by atoms with Crippen LogP contribution in [0.3, 0.4) is 0 Å². The molecule has 1 aliphatic carbocycles. The molecule has 4 nitrogen and oxygen atoms in total. The summed E-state index contributed by atoms with van der Waals surface area (Å²) in [5, 5.41) is 7.65. The van der Waals surface area contributed by atoms with Crippen LogP contribution in [0.15, 0.2) is 6.07 Å². The summed E-state index contributed by atoms with van der Waals surface area (Å²) in [6.07, 6.45) is 3.42. The average Bonchev–Trinajstić information content (AvgIpc) is 2.95. The monoisotopic (exact) mass is 263 g/mol. The molecule has 0 aliphatic heterocycles. The highest BCUT2D eigenvalue weighted by molar-refractivity contribution is 5.92. The van der Waals surface area contributed by atoms with Crippen LogP contribution in [0.4, 0.5) is 0 Å². The van der Waals surface area contributed by atoms with Crippen molar-refractivity contribution in [3.05, 3.63) is 17.5 Å². The molecule has 1 fully saturated rings. The standard InChI is InChI=1S/C15H25N3O/c1-5-18-14(9-13(17-18)10(2)3)15(19)16-12-7-6-11(4)8-12/h9-12H,5-8H2,1-4H3,(H,16,19). The van der Waals surface area contributed by atoms with Gasteiger partial charge >= 0.3 is 0 Å². The van der Waals surface area contributed by atoms with Gasteiger partial charge in [-0.05, 0) is 44.1 Å². The molecule has 4 heteroatoms. The molecule has 1 N–H and O–H groups in total. The highest BCUT2D eigenvalue weighted by Gasteiger charge is 2.24. The minimum atomic E-state index is 0.0281. The molecule has 1 aromatic rings. The van der Waals surface area contributed by atoms with Crippen molar-refractivity contribution >= 4 is 5.91 Å². The van der Waals surface area contributed by atoms with Gasteiger partial charge in [0.1, 0.15) is 5.69 Å². The van der Waals surface area contributed by atoms with Crippen LogP contribution in [-0.2, 0) is 6.54 Å². The van der Waals surface area contributed by atoms with Gasteiger partial charge in [-0.3, -0.25) is 9.48 Å². The molecule has 19 heavy (non-hydrogen) atoms. The first-order chi connectivity index (χ1) is 9.01. The first-order valence-corrected chi connectivity index (χ1v) is 7.39. The minimum Gasteiger partial charge on any atom is -0.348 e. The van der Waals surface area contributed by atoms with Gasteiger partial charge in [0.25, 0.3) is 5.91 Å². The molecule has 1 aromatic heterocycles. The van der Waals surface area contributed by atoms with Crippen molar-refractivity contribution in [3.8, 4) is 0 Å². The third kappa shape index (κ3) is 3.17. The number of aromatic nitrogens is 2. The largest absolute Gasteiger partial charge is 0.348 e. The second-order valence-electron chi connectivity index (χ2n) is 6.01. The second-order valence-corrected chi connectivity index (χ2v) is 6.01. The quantitative estimate of drug-likeness (QED) is 0.908. The molecular weight excluding hydrogens is 238 g/mol. The number of hydrogen-bond donors (Lipinski definition) is 1. The van der Waals surface area contributed by atoms with Crippen LogP contribution in [0.25, 0.3) is 0 Å². The summed E-state index contributed by atoms with van der Waals surface area (Å²) in [4.78, 5) is 12.4. The second kappa shape index (κ2) is 5.76. The summed E-state index contributed by atoms with van der Waals surface area (Å²) in [5.74, 6) is 1.11. The minimum absolute atomic E-state index is 0.0281. The fraction of sp³-hybridized carbons (Fsp3) is 0.733. The van der Waals surface area contributed by atoms with Crippen molar-refractivity contribution in [3.63, 3.8) is 0 Å². The maximum absolute atomic E-state index is 12.4. The van der Waals surface area contributed by atoms with Gasteiger partial charge in [0.2, 0.25) is 0 Å². The van der Waals surface area contributed by atoms with Gasteiger partial charge in [0.05, 0.1) is 5.69 Å². The first-order valence-electron chi connectivity index (χ1n) is 7.39. The number of nitrogens with zero attached hydrogens (tertiary/aromatic N) is 2. The van der Waals surface area contributed by atoms with Crippen molar-refractivity contribution < 1.29 is 4.79 Å². The molecule has 106 valence electrons. The van der Waals surface area contributed by atoms with Gasteiger partial charge in [0.15, 0.2) is 0 Å². The Kier molecular flexibility index (Phi) is 4.27. The lowest BCUT2D eigenvalue weighted by atomic mass is 10.1. The first kappa shape index (κ1) is 14.1. The Hall–Kier alpha value is -1.32. The highest BCUT2D eigenvalue weighted by Crippen LogP contribution is 2.25. The van der Waals surface area contributed by atoms with Crippen molar-refractivity contribution in [2.75, 3.05) is 0 Å². The van der Waals surface area contributed by atoms with E-state index in [1.807, 2.05) is 17.7 Å². The summed E-state index contributed by atoms with van der Waals surface area (Å²) in [5.41, 5.74) is 1.69. The zero-order chi connectivity index (χ0) is 14.0. The van der Waals surface area contributed by atoms with Gasteiger partial charge in [-0.1, -0.05) is 20.8 Å². The maximum Gasteiger partial charge on any atom is 0.269 e. The van der Waals surface area contributed by atoms with E-state index in [1.54, 1.807) is 0 Å². The van der Waals surface area contributed by atoms with Crippen LogP contribution in [0.1, 0.15) is 69.1 Å². The summed E-state index contributed by atoms with van der Waals surface area (Å²) in [6, 6.07) is 2.27. The van der Waals surface area contributed by atoms with E-state index in [-0.39, 0.29) is 5.91 Å². The summed E-state index contributed by atoms with van der Waals surface area (Å²) >= 11 is 0. The van der Waals surface area contributed by atoms with E-state index in [2.05, 4.69) is 31.2 Å². The predicted octanol–water partition coefficient (Wildman–Crippen LogP) is 2.94. The number of carbonyl (C=O) groups is 1. The van der Waals surface area contributed by atoms with Crippen molar-refractivity contribution in [2.24, 2.45) is 5.92 Å². The molecule has 0 bridgehead atoms. The Balaban J connectivity index is 2.09. The smallest absolute Gasteiger partial charge is 0.269 e. The molecule has 2 unspecified atom stereocenters. The van der Waals surface area contributed by atoms with E-state index in [0.29, 0.717) is 17.7 Å². The lowest BCUT2D eigenvalue weighted by molar-refractivity contribution is 0.0926. The fourth-order valence-electron chi connectivity index (χ4n) is 2.74. The molecular formula is C15H25N3O. The molecule has 2 rings (SSSR count). The Morgan fingerprint density at radius 2 is 2.26 bits per heavy atom. The molecule has 2 atom stereocenters. The number of carbonyl (C=O) groups excluding carboxylic acids is 1. The SMILES string of the molecule is CCn1nc(C(C)C)cc1C(=O)NC1CCC(C)C1. The predicted molar refractivity (Wildman–Crippen MR) is 76.3 cm³/mol. The van der Waals surface area contributed by atoms with E-state index in [4.69, 9.17) is 0 Å². The fourth-order valence-corrected chi connectivity index (χ4v) is 2.74. The van der Waals surface area contributed by atoms with Crippen molar-refractivity contribution in [1.82, 2.24) is 15.1 Å². The lowest BCUT2D eigenvalue weighted by Crippen LogP contribution is -2.34. The van der Waals surface area contributed by atoms with Crippen molar-refractivity contribution in [2.45, 2.75) is 65.5 Å². The van der Waals surface area contributed by atoms with Crippen molar-refractivity contribution in [1.29, 1.82) is 0 Å². The topological polar surface area (TPSA) is 46.9 Å². The van der Waals surface area contributed by atoms with Crippen LogP contribution in [0, 0.1) is 5.92 Å². The normalized spacial score (nSPS) is 23.0. The van der Waals surface area contributed by atoms with Gasteiger partial charge in [-0.15, -0.1) is 0 Å². The summed E-state index contributed by atoms with van der Waals surface area (Å²) in [7, 11) is 0. The van der Waals surface area contributed by atoms with Gasteiger partial charge in [-0.25, -0.2) is 0 Å². The number of rotatable bonds is 4. The van der Waals surface area contributed by atoms with E-state index < -0.39 is 0 Å². The Labute approximate surface area is 115 Å². The van der Waals surface area contributed by atoms with Gasteiger partial charge < -0.3 is 5.32 Å². The van der Waals surface area contributed by atoms with Crippen LogP contribution in [-0.4, -0.2) is 21.7 Å². The van der Waals surface area contributed by atoms with E-state index in [9.17, 15) is 4.79 Å². The number of hydrogen-bond acceptors (Lipinski definition) is 2. The van der Waals surface area contributed by atoms with Crippen LogP contribution in [0.2, 0.25) is 0 Å². The van der Waals surface area contributed by atoms with E-state index >= 15 is 0 Å². The highest BCUT2D eigenvalue weighted by atomic mass is 16.2.